The van der Waals surface area contributed by atoms with Gasteiger partial charge >= 0.3 is 23.5 Å². The number of amides is 2. The van der Waals surface area contributed by atoms with Crippen LogP contribution in [0, 0.1) is 5.41 Å². The number of aromatic amines is 1. The summed E-state index contributed by atoms with van der Waals surface area (Å²) in [5.74, 6) is -0.0370. The van der Waals surface area contributed by atoms with Gasteiger partial charge in [0.05, 0.1) is 25.6 Å². The number of fused-ring (bicyclic) bond motifs is 2. The topological polar surface area (TPSA) is 383 Å². The van der Waals surface area contributed by atoms with Crippen molar-refractivity contribution in [1.82, 2.24) is 35.1 Å². The maximum Gasteiger partial charge on any atom is 0.481 e. The second-order valence-corrected chi connectivity index (χ2v) is 20.8. The highest BCUT2D eigenvalue weighted by Gasteiger charge is 2.50. The van der Waals surface area contributed by atoms with Crippen molar-refractivity contribution in [2.24, 2.45) is 5.41 Å². The summed E-state index contributed by atoms with van der Waals surface area (Å²) >= 11 is 1.58. The van der Waals surface area contributed by atoms with Crippen molar-refractivity contribution in [3.63, 3.8) is 0 Å². The van der Waals surface area contributed by atoms with E-state index in [-0.39, 0.29) is 35.9 Å². The van der Waals surface area contributed by atoms with Crippen LogP contribution in [0.2, 0.25) is 0 Å². The predicted octanol–water partition coefficient (Wildman–Crippen LogP) is 1.39. The third kappa shape index (κ3) is 14.8. The zero-order chi connectivity index (χ0) is 46.9. The number of H-pyrrole nitrogens is 1. The molecule has 356 valence electrons. The summed E-state index contributed by atoms with van der Waals surface area (Å²) in [6.45, 7) is 0.733. The fourth-order valence-corrected chi connectivity index (χ4v) is 10.3. The summed E-state index contributed by atoms with van der Waals surface area (Å²) in [6.07, 6.45) is -2.23. The molecule has 1 aliphatic rings. The Morgan fingerprint density at radius 2 is 1.75 bits per heavy atom. The van der Waals surface area contributed by atoms with Gasteiger partial charge < -0.3 is 61.0 Å². The van der Waals surface area contributed by atoms with Crippen LogP contribution in [0.1, 0.15) is 51.3 Å². The number of para-hydroxylation sites is 1. The number of carbonyl (C=O) groups is 2. The Morgan fingerprint density at radius 3 is 2.50 bits per heavy atom. The predicted molar refractivity (Wildman–Crippen MR) is 229 cm³/mol. The number of phosphoric acid groups is 3. The lowest BCUT2D eigenvalue weighted by Gasteiger charge is -2.30. The van der Waals surface area contributed by atoms with Gasteiger partial charge in [0.25, 0.3) is 0 Å². The van der Waals surface area contributed by atoms with Gasteiger partial charge in [-0.15, -0.1) is 0 Å². The first-order valence-electron chi connectivity index (χ1n) is 19.8. The molecule has 1 saturated heterocycles. The number of aliphatic hydroxyl groups is 3. The lowest BCUT2D eigenvalue weighted by Crippen LogP contribution is -2.46. The van der Waals surface area contributed by atoms with Gasteiger partial charge in [-0.25, -0.2) is 28.6 Å². The van der Waals surface area contributed by atoms with E-state index in [1.54, 1.807) is 11.8 Å². The highest BCUT2D eigenvalue weighted by molar-refractivity contribution is 7.99. The molecule has 29 heteroatoms. The standard InChI is InChI=1S/C35H53N8O17P3S/c1-35(2,30(47)33(48)38-12-10-26(45)37-13-15-64-14-11-22(44)7-5-6-21-16-39-24-9-4-3-8-23(21)24)18-57-63(54,55)60-62(52,53)56-17-25-29(59-61(49,50)51)28(46)34(58-25)43-20-42-27-31(36)40-19-41-32(27)43/h3-4,8-9,16,19-20,22,25,28-30,34,39,44,46-47H,5-7,10-15,17-18H2,1-2H3,(H,37,45)(H,38,48)(H,52,53)(H,54,55)(H2,36,40,41)(H2,49,50,51). The van der Waals surface area contributed by atoms with E-state index in [1.807, 2.05) is 24.4 Å². The van der Waals surface area contributed by atoms with Crippen LogP contribution in [0.25, 0.3) is 22.1 Å². The number of thioether (sulfide) groups is 1. The zero-order valence-corrected chi connectivity index (χ0v) is 38.1. The van der Waals surface area contributed by atoms with Crippen LogP contribution in [0.15, 0.2) is 43.1 Å². The minimum atomic E-state index is -5.57. The van der Waals surface area contributed by atoms with E-state index in [0.29, 0.717) is 30.9 Å². The van der Waals surface area contributed by atoms with Crippen LogP contribution >= 0.6 is 35.2 Å². The number of imidazole rings is 1. The lowest BCUT2D eigenvalue weighted by atomic mass is 9.87. The van der Waals surface area contributed by atoms with Gasteiger partial charge in [-0.3, -0.25) is 27.7 Å². The highest BCUT2D eigenvalue weighted by Crippen LogP contribution is 2.61. The maximum absolute atomic E-state index is 12.7. The first-order chi connectivity index (χ1) is 30.1. The van der Waals surface area contributed by atoms with Gasteiger partial charge in [-0.2, -0.15) is 16.1 Å². The number of aromatic nitrogens is 5. The van der Waals surface area contributed by atoms with Gasteiger partial charge in [0.2, 0.25) is 11.8 Å². The van der Waals surface area contributed by atoms with Crippen LogP contribution < -0.4 is 16.4 Å². The van der Waals surface area contributed by atoms with E-state index in [1.165, 1.54) is 24.8 Å². The second kappa shape index (κ2) is 22.4. The minimum Gasteiger partial charge on any atom is -0.393 e. The summed E-state index contributed by atoms with van der Waals surface area (Å²) in [4.78, 5) is 79.4. The number of hydrogen-bond donors (Lipinski definition) is 11. The normalized spacial score (nSPS) is 21.1. The number of rotatable bonds is 26. The molecule has 0 radical (unpaired) electrons. The Balaban J connectivity index is 0.972. The molecule has 1 aromatic carbocycles. The Bertz CT molecular complexity index is 2350. The molecule has 1 fully saturated rings. The minimum absolute atomic E-state index is 0.0334. The molecule has 0 spiro atoms. The quantitative estimate of drug-likeness (QED) is 0.0313. The van der Waals surface area contributed by atoms with Gasteiger partial charge in [-0.05, 0) is 43.1 Å². The summed E-state index contributed by atoms with van der Waals surface area (Å²) in [7, 11) is -16.4. The molecule has 12 N–H and O–H groups in total. The van der Waals surface area contributed by atoms with Crippen LogP contribution in [0.4, 0.5) is 5.82 Å². The Morgan fingerprint density at radius 1 is 1.02 bits per heavy atom. The van der Waals surface area contributed by atoms with E-state index < -0.39 is 84.8 Å². The first kappa shape index (κ1) is 51.6. The molecule has 0 saturated carbocycles. The lowest BCUT2D eigenvalue weighted by molar-refractivity contribution is -0.137. The molecule has 0 aliphatic carbocycles. The number of nitrogens with two attached hydrogens (primary N) is 1. The molecule has 8 atom stereocenters. The van der Waals surface area contributed by atoms with Crippen molar-refractivity contribution < 1.29 is 80.8 Å². The first-order valence-corrected chi connectivity index (χ1v) is 25.4. The van der Waals surface area contributed by atoms with Crippen molar-refractivity contribution >= 4 is 74.9 Å². The Kier molecular flexibility index (Phi) is 18.1. The number of ether oxygens (including phenoxy) is 1. The number of nitrogens with zero attached hydrogens (tertiary/aromatic N) is 4. The number of carbonyl (C=O) groups excluding carboxylic acids is 2. The van der Waals surface area contributed by atoms with Gasteiger partial charge in [0, 0.05) is 47.8 Å². The molecule has 4 heterocycles. The van der Waals surface area contributed by atoms with Crippen molar-refractivity contribution in [2.45, 2.75) is 82.7 Å². The third-order valence-electron chi connectivity index (χ3n) is 9.90. The number of aryl methyl sites for hydroxylation is 1. The highest BCUT2D eigenvalue weighted by atomic mass is 32.2. The molecular weight excluding hydrogens is 929 g/mol. The fourth-order valence-electron chi connectivity index (χ4n) is 6.53. The van der Waals surface area contributed by atoms with E-state index in [9.17, 15) is 58.2 Å². The van der Waals surface area contributed by atoms with Crippen molar-refractivity contribution in [1.29, 1.82) is 0 Å². The Hall–Kier alpha value is -3.39. The molecule has 2 amide bonds. The number of anilines is 1. The number of nitrogen functional groups attached to an aromatic ring is 1. The van der Waals surface area contributed by atoms with E-state index in [0.717, 1.165) is 35.6 Å². The van der Waals surface area contributed by atoms with E-state index in [4.69, 9.17) is 19.5 Å². The van der Waals surface area contributed by atoms with E-state index in [2.05, 4.69) is 45.5 Å². The summed E-state index contributed by atoms with van der Waals surface area (Å²) in [6, 6.07) is 8.08. The molecule has 25 nitrogen and oxygen atoms in total. The van der Waals surface area contributed by atoms with Crippen LogP contribution in [-0.2, 0) is 52.3 Å². The average molecular weight is 983 g/mol. The monoisotopic (exact) mass is 982 g/mol. The molecular formula is C35H53N8O17P3S. The van der Waals surface area contributed by atoms with Crippen molar-refractivity contribution in [3.05, 3.63) is 48.7 Å². The van der Waals surface area contributed by atoms with Crippen LogP contribution in [0.3, 0.4) is 0 Å². The third-order valence-corrected chi connectivity index (χ3v) is 14.0. The van der Waals surface area contributed by atoms with Gasteiger partial charge in [0.1, 0.15) is 36.3 Å². The SMILES string of the molecule is CC(C)(COP(=O)(O)OP(=O)(O)OCC1OC(n2cnc3c(N)ncnc32)C(O)C1OP(=O)(O)O)C(O)C(=O)NCCC(=O)NCCSCCC(O)CCCc1c[nH]c2ccccc12. The van der Waals surface area contributed by atoms with Gasteiger partial charge in [0.15, 0.2) is 17.7 Å². The molecule has 1 aliphatic heterocycles. The summed E-state index contributed by atoms with van der Waals surface area (Å²) < 4.78 is 62.4. The molecule has 64 heavy (non-hydrogen) atoms. The largest absolute Gasteiger partial charge is 0.481 e. The van der Waals surface area contributed by atoms with Crippen molar-refractivity contribution in [2.75, 3.05) is 43.5 Å². The van der Waals surface area contributed by atoms with Crippen LogP contribution in [-0.4, -0.2) is 140 Å². The number of hydrogen-bond acceptors (Lipinski definition) is 18. The Labute approximate surface area is 370 Å². The zero-order valence-electron chi connectivity index (χ0n) is 34.6. The number of aliphatic hydroxyl groups excluding tert-OH is 3. The number of benzene rings is 1. The van der Waals surface area contributed by atoms with Gasteiger partial charge in [-0.1, -0.05) is 32.0 Å². The molecule has 8 unspecified atom stereocenters. The molecule has 5 rings (SSSR count). The second-order valence-electron chi connectivity index (χ2n) is 15.4. The number of phosphoric ester groups is 3. The molecule has 3 aromatic heterocycles. The number of nitrogens with one attached hydrogen (secondary N) is 3. The van der Waals surface area contributed by atoms with E-state index >= 15 is 0 Å². The van der Waals surface area contributed by atoms with Crippen LogP contribution in [0.5, 0.6) is 0 Å². The molecule has 4 aromatic rings. The molecule has 0 bridgehead atoms. The maximum atomic E-state index is 12.7. The van der Waals surface area contributed by atoms with Crippen molar-refractivity contribution in [3.8, 4) is 0 Å². The average Bonchev–Trinajstić information content (AvgIpc) is 3.92. The summed E-state index contributed by atoms with van der Waals surface area (Å²) in [5, 5.41) is 38.2. The fraction of sp³-hybridized carbons (Fsp3) is 0.571. The smallest absolute Gasteiger partial charge is 0.393 e. The summed E-state index contributed by atoms with van der Waals surface area (Å²) in [5.41, 5.74) is 6.61.